The highest BCUT2D eigenvalue weighted by atomic mass is 16.1. The minimum atomic E-state index is 0.0188. The second-order valence-corrected chi connectivity index (χ2v) is 5.28. The van der Waals surface area contributed by atoms with Crippen molar-refractivity contribution >= 4 is 17.1 Å². The van der Waals surface area contributed by atoms with Crippen molar-refractivity contribution in [3.05, 3.63) is 65.3 Å². The smallest absolute Gasteiger partial charge is 0.190 e. The number of fused-ring (bicyclic) bond motifs is 4. The van der Waals surface area contributed by atoms with E-state index in [4.69, 9.17) is 0 Å². The molecule has 2 heteroatoms. The molecule has 3 aliphatic carbocycles. The van der Waals surface area contributed by atoms with E-state index in [0.29, 0.717) is 5.57 Å². The number of rotatable bonds is 1. The molecule has 0 N–H and O–H groups in total. The van der Waals surface area contributed by atoms with Gasteiger partial charge in [-0.15, -0.1) is 0 Å². The highest BCUT2D eigenvalue weighted by molar-refractivity contribution is 6.38. The number of carbonyl (C=O) groups is 2. The first-order valence-electron chi connectivity index (χ1n) is 6.54. The van der Waals surface area contributed by atoms with Gasteiger partial charge in [0.25, 0.3) is 0 Å². The maximum atomic E-state index is 12.6. The van der Waals surface area contributed by atoms with Gasteiger partial charge in [-0.2, -0.15) is 0 Å². The maximum absolute atomic E-state index is 12.6. The Morgan fingerprint density at radius 3 is 2.32 bits per heavy atom. The van der Waals surface area contributed by atoms with E-state index in [0.717, 1.165) is 23.1 Å². The zero-order valence-electron chi connectivity index (χ0n) is 10.3. The van der Waals surface area contributed by atoms with Crippen molar-refractivity contribution < 1.29 is 9.59 Å². The third-order valence-corrected chi connectivity index (χ3v) is 4.23. The number of carbonyl (C=O) groups excluding carboxylic acids is 2. The van der Waals surface area contributed by atoms with Crippen molar-refractivity contribution in [2.24, 2.45) is 11.8 Å². The maximum Gasteiger partial charge on any atom is 0.190 e. The normalized spacial score (nSPS) is 27.9. The predicted octanol–water partition coefficient (Wildman–Crippen LogP) is 2.72. The second-order valence-electron chi connectivity index (χ2n) is 5.28. The van der Waals surface area contributed by atoms with E-state index in [1.165, 1.54) is 6.08 Å². The summed E-state index contributed by atoms with van der Waals surface area (Å²) in [5.74, 6) is 0.386. The third-order valence-electron chi connectivity index (χ3n) is 4.23. The number of hydrogen-bond acceptors (Lipinski definition) is 2. The van der Waals surface area contributed by atoms with E-state index < -0.39 is 0 Å². The molecule has 19 heavy (non-hydrogen) atoms. The van der Waals surface area contributed by atoms with Crippen molar-refractivity contribution in [1.82, 2.24) is 0 Å². The van der Waals surface area contributed by atoms with Crippen molar-refractivity contribution in [3.8, 4) is 0 Å². The van der Waals surface area contributed by atoms with Crippen LogP contribution in [0.4, 0.5) is 0 Å². The van der Waals surface area contributed by atoms with Crippen LogP contribution in [0.25, 0.3) is 5.57 Å². The van der Waals surface area contributed by atoms with Crippen molar-refractivity contribution in [3.63, 3.8) is 0 Å². The Balaban J connectivity index is 1.83. The van der Waals surface area contributed by atoms with Crippen molar-refractivity contribution in [2.75, 3.05) is 0 Å². The molecule has 0 spiro atoms. The van der Waals surface area contributed by atoms with Crippen molar-refractivity contribution in [1.29, 1.82) is 0 Å². The van der Waals surface area contributed by atoms with Gasteiger partial charge in [-0.1, -0.05) is 42.5 Å². The number of ketones is 2. The van der Waals surface area contributed by atoms with Crippen LogP contribution < -0.4 is 0 Å². The largest absolute Gasteiger partial charge is 0.290 e. The van der Waals surface area contributed by atoms with E-state index in [2.05, 4.69) is 12.2 Å². The fraction of sp³-hybridized carbons (Fsp3) is 0.176. The summed E-state index contributed by atoms with van der Waals surface area (Å²) >= 11 is 0. The van der Waals surface area contributed by atoms with Crippen LogP contribution in [0.3, 0.4) is 0 Å². The molecule has 0 saturated heterocycles. The monoisotopic (exact) mass is 248 g/mol. The first-order valence-corrected chi connectivity index (χ1v) is 6.54. The standard InChI is InChI=1S/C17H12O2/c18-14-9-13(10-4-2-1-3-5-10)17(19)16-12-7-6-11(8-12)15(14)16/h1-7,9,11-12H,8H2. The van der Waals surface area contributed by atoms with Crippen LogP contribution in [0.1, 0.15) is 12.0 Å². The average Bonchev–Trinajstić information content (AvgIpc) is 3.05. The van der Waals surface area contributed by atoms with Gasteiger partial charge in [-0.25, -0.2) is 0 Å². The summed E-state index contributed by atoms with van der Waals surface area (Å²) in [6.45, 7) is 0. The minimum absolute atomic E-state index is 0.0188. The van der Waals surface area contributed by atoms with Gasteiger partial charge in [0.1, 0.15) is 0 Å². The lowest BCUT2D eigenvalue weighted by Gasteiger charge is -2.19. The molecule has 2 bridgehead atoms. The lowest BCUT2D eigenvalue weighted by Crippen LogP contribution is -2.21. The molecule has 0 radical (unpaired) electrons. The Kier molecular flexibility index (Phi) is 2.05. The zero-order valence-corrected chi connectivity index (χ0v) is 10.3. The Labute approximate surface area is 111 Å². The van der Waals surface area contributed by atoms with Gasteiger partial charge in [0, 0.05) is 28.6 Å². The number of allylic oxidation sites excluding steroid dienone is 6. The predicted molar refractivity (Wildman–Crippen MR) is 72.2 cm³/mol. The Morgan fingerprint density at radius 1 is 0.895 bits per heavy atom. The SMILES string of the molecule is O=C1C=C(c2ccccc2)C(=O)C2=C1C1C=CC2C1. The van der Waals surface area contributed by atoms with Crippen LogP contribution >= 0.6 is 0 Å². The van der Waals surface area contributed by atoms with E-state index in [-0.39, 0.29) is 23.4 Å². The van der Waals surface area contributed by atoms with E-state index in [1.54, 1.807) is 0 Å². The summed E-state index contributed by atoms with van der Waals surface area (Å²) in [6.07, 6.45) is 6.56. The van der Waals surface area contributed by atoms with Crippen LogP contribution in [0, 0.1) is 11.8 Å². The summed E-state index contributed by atoms with van der Waals surface area (Å²) in [4.78, 5) is 24.9. The van der Waals surface area contributed by atoms with Gasteiger partial charge in [0.2, 0.25) is 0 Å². The molecular formula is C17H12O2. The van der Waals surface area contributed by atoms with Crippen LogP contribution in [0.2, 0.25) is 0 Å². The molecule has 2 nitrogen and oxygen atoms in total. The average molecular weight is 248 g/mol. The molecule has 0 aliphatic heterocycles. The Hall–Kier alpha value is -2.22. The highest BCUT2D eigenvalue weighted by Gasteiger charge is 2.43. The van der Waals surface area contributed by atoms with Crippen LogP contribution in [-0.4, -0.2) is 11.6 Å². The molecule has 0 heterocycles. The van der Waals surface area contributed by atoms with Gasteiger partial charge in [-0.05, 0) is 18.1 Å². The van der Waals surface area contributed by atoms with Gasteiger partial charge in [0.15, 0.2) is 11.6 Å². The van der Waals surface area contributed by atoms with Gasteiger partial charge in [0.05, 0.1) is 0 Å². The molecule has 0 saturated carbocycles. The summed E-state index contributed by atoms with van der Waals surface area (Å²) in [5.41, 5.74) is 2.88. The van der Waals surface area contributed by atoms with Crippen molar-refractivity contribution in [2.45, 2.75) is 6.42 Å². The molecule has 2 unspecified atom stereocenters. The third kappa shape index (κ3) is 1.37. The topological polar surface area (TPSA) is 34.1 Å². The number of benzene rings is 1. The molecule has 3 aliphatic rings. The van der Waals surface area contributed by atoms with Gasteiger partial charge >= 0.3 is 0 Å². The molecule has 1 aromatic rings. The quantitative estimate of drug-likeness (QED) is 0.565. The molecule has 1 aromatic carbocycles. The van der Waals surface area contributed by atoms with Gasteiger partial charge in [-0.3, -0.25) is 9.59 Å². The van der Waals surface area contributed by atoms with Crippen LogP contribution in [-0.2, 0) is 9.59 Å². The van der Waals surface area contributed by atoms with E-state index in [1.807, 2.05) is 30.3 Å². The summed E-state index contributed by atoms with van der Waals surface area (Å²) in [5, 5.41) is 0. The fourth-order valence-corrected chi connectivity index (χ4v) is 3.38. The molecule has 0 amide bonds. The summed E-state index contributed by atoms with van der Waals surface area (Å²) in [7, 11) is 0. The van der Waals surface area contributed by atoms with Crippen LogP contribution in [0.5, 0.6) is 0 Å². The first-order chi connectivity index (χ1) is 9.25. The highest BCUT2D eigenvalue weighted by Crippen LogP contribution is 2.48. The number of hydrogen-bond donors (Lipinski definition) is 0. The minimum Gasteiger partial charge on any atom is -0.290 e. The summed E-state index contributed by atoms with van der Waals surface area (Å²) < 4.78 is 0. The second kappa shape index (κ2) is 3.64. The molecule has 2 atom stereocenters. The molecule has 92 valence electrons. The van der Waals surface area contributed by atoms with E-state index >= 15 is 0 Å². The summed E-state index contributed by atoms with van der Waals surface area (Å²) in [6, 6.07) is 9.44. The first kappa shape index (κ1) is 10.7. The molecule has 0 aromatic heterocycles. The lowest BCUT2D eigenvalue weighted by molar-refractivity contribution is -0.114. The molecular weight excluding hydrogens is 236 g/mol. The number of Topliss-reactive ketones (excluding diaryl/α,β-unsaturated/α-hetero) is 1. The fourth-order valence-electron chi connectivity index (χ4n) is 3.38. The van der Waals surface area contributed by atoms with Gasteiger partial charge < -0.3 is 0 Å². The molecule has 0 fully saturated rings. The molecule has 4 rings (SSSR count). The Bertz CT molecular complexity index is 689. The van der Waals surface area contributed by atoms with Crippen LogP contribution in [0.15, 0.2) is 59.7 Å². The van der Waals surface area contributed by atoms with E-state index in [9.17, 15) is 9.59 Å². The zero-order chi connectivity index (χ0) is 13.0. The lowest BCUT2D eigenvalue weighted by atomic mass is 9.81. The Morgan fingerprint density at radius 2 is 1.58 bits per heavy atom.